The summed E-state index contributed by atoms with van der Waals surface area (Å²) < 4.78 is 1.12. The highest BCUT2D eigenvalue weighted by molar-refractivity contribution is 9.10. The monoisotopic (exact) mass is 333 g/mol. The van der Waals surface area contributed by atoms with E-state index in [1.807, 2.05) is 12.3 Å². The Hall–Kier alpha value is -1.13. The summed E-state index contributed by atoms with van der Waals surface area (Å²) in [6.45, 7) is 5.42. The van der Waals surface area contributed by atoms with Gasteiger partial charge >= 0.3 is 0 Å². The smallest absolute Gasteiger partial charge is 0.133 e. The van der Waals surface area contributed by atoms with Crippen molar-refractivity contribution in [2.75, 3.05) is 25.0 Å². The van der Waals surface area contributed by atoms with Crippen molar-refractivity contribution in [1.29, 1.82) is 0 Å². The molecule has 1 aromatic carbocycles. The number of nitrogens with one attached hydrogen (secondary N) is 1. The van der Waals surface area contributed by atoms with Crippen molar-refractivity contribution < 1.29 is 0 Å². The Balaban J connectivity index is 1.69. The molecule has 1 saturated carbocycles. The van der Waals surface area contributed by atoms with E-state index in [2.05, 4.69) is 56.3 Å². The summed E-state index contributed by atoms with van der Waals surface area (Å²) in [5, 5.41) is 5.87. The molecule has 1 heterocycles. The highest BCUT2D eigenvalue weighted by atomic mass is 79.9. The standard InChI is InChI=1S/C16H20BrN3/c1-2-20(12-6-7-12)11-10-19-16-14-4-3-5-15(17)13(14)8-9-18-16/h3-5,8-9,12H,2,6-7,10-11H2,1H3,(H,18,19). The van der Waals surface area contributed by atoms with Crippen molar-refractivity contribution in [3.8, 4) is 0 Å². The lowest BCUT2D eigenvalue weighted by molar-refractivity contribution is 0.289. The van der Waals surface area contributed by atoms with Crippen molar-refractivity contribution in [2.45, 2.75) is 25.8 Å². The summed E-state index contributed by atoms with van der Waals surface area (Å²) in [4.78, 5) is 7.03. The van der Waals surface area contributed by atoms with E-state index >= 15 is 0 Å². The molecule has 1 aliphatic rings. The van der Waals surface area contributed by atoms with Crippen LogP contribution in [0.2, 0.25) is 0 Å². The molecule has 2 aromatic rings. The Bertz CT molecular complexity index is 595. The predicted octanol–water partition coefficient (Wildman–Crippen LogP) is 3.89. The molecule has 1 N–H and O–H groups in total. The molecule has 0 unspecified atom stereocenters. The van der Waals surface area contributed by atoms with Gasteiger partial charge in [-0.25, -0.2) is 4.98 Å². The minimum atomic E-state index is 0.830. The molecule has 1 aliphatic carbocycles. The fourth-order valence-electron chi connectivity index (χ4n) is 2.67. The predicted molar refractivity (Wildman–Crippen MR) is 88.2 cm³/mol. The minimum Gasteiger partial charge on any atom is -0.368 e. The number of fused-ring (bicyclic) bond motifs is 1. The van der Waals surface area contributed by atoms with Crippen LogP contribution in [0.25, 0.3) is 10.8 Å². The van der Waals surface area contributed by atoms with Crippen molar-refractivity contribution in [1.82, 2.24) is 9.88 Å². The molecule has 20 heavy (non-hydrogen) atoms. The average molecular weight is 334 g/mol. The summed E-state index contributed by atoms with van der Waals surface area (Å²) in [6.07, 6.45) is 4.61. The lowest BCUT2D eigenvalue weighted by Crippen LogP contribution is -2.31. The molecule has 4 heteroatoms. The number of nitrogens with zero attached hydrogens (tertiary/aromatic N) is 2. The third-order valence-corrected chi connectivity index (χ3v) is 4.61. The number of hydrogen-bond acceptors (Lipinski definition) is 3. The highest BCUT2D eigenvalue weighted by Crippen LogP contribution is 2.28. The summed E-state index contributed by atoms with van der Waals surface area (Å²) in [6, 6.07) is 9.12. The van der Waals surface area contributed by atoms with Crippen molar-refractivity contribution >= 4 is 32.5 Å². The van der Waals surface area contributed by atoms with Crippen LogP contribution in [0, 0.1) is 0 Å². The molecular formula is C16H20BrN3. The van der Waals surface area contributed by atoms with Gasteiger partial charge in [0.25, 0.3) is 0 Å². The molecule has 3 rings (SSSR count). The average Bonchev–Trinajstić information content (AvgIpc) is 3.29. The molecular weight excluding hydrogens is 314 g/mol. The van der Waals surface area contributed by atoms with E-state index in [0.29, 0.717) is 0 Å². The summed E-state index contributed by atoms with van der Waals surface area (Å²) in [7, 11) is 0. The van der Waals surface area contributed by atoms with E-state index in [1.165, 1.54) is 23.6 Å². The molecule has 0 aliphatic heterocycles. The number of hydrogen-bond donors (Lipinski definition) is 1. The number of pyridine rings is 1. The minimum absolute atomic E-state index is 0.830. The first-order chi connectivity index (χ1) is 9.79. The Morgan fingerprint density at radius 2 is 2.15 bits per heavy atom. The van der Waals surface area contributed by atoms with Crippen LogP contribution in [0.4, 0.5) is 5.82 Å². The maximum atomic E-state index is 4.48. The van der Waals surface area contributed by atoms with Gasteiger partial charge in [-0.05, 0) is 31.5 Å². The van der Waals surface area contributed by atoms with E-state index in [0.717, 1.165) is 36.0 Å². The molecule has 3 nitrogen and oxygen atoms in total. The van der Waals surface area contributed by atoms with E-state index in [9.17, 15) is 0 Å². The SMILES string of the molecule is CCN(CCNc1nccc2c(Br)cccc12)C1CC1. The number of benzene rings is 1. The van der Waals surface area contributed by atoms with Crippen molar-refractivity contribution in [3.63, 3.8) is 0 Å². The molecule has 0 spiro atoms. The Morgan fingerprint density at radius 3 is 2.90 bits per heavy atom. The molecule has 0 saturated heterocycles. The van der Waals surface area contributed by atoms with E-state index in [1.54, 1.807) is 0 Å². The first-order valence-corrected chi connectivity index (χ1v) is 8.10. The van der Waals surface area contributed by atoms with Crippen LogP contribution in [0.5, 0.6) is 0 Å². The Kier molecular flexibility index (Phi) is 4.22. The zero-order chi connectivity index (χ0) is 13.9. The van der Waals surface area contributed by atoms with Gasteiger partial charge < -0.3 is 5.32 Å². The normalized spacial score (nSPS) is 14.9. The van der Waals surface area contributed by atoms with Gasteiger partial charge in [-0.3, -0.25) is 4.90 Å². The fourth-order valence-corrected chi connectivity index (χ4v) is 3.16. The van der Waals surface area contributed by atoms with Gasteiger partial charge in [-0.15, -0.1) is 0 Å². The van der Waals surface area contributed by atoms with Crippen LogP contribution >= 0.6 is 15.9 Å². The van der Waals surface area contributed by atoms with Crippen LogP contribution in [-0.4, -0.2) is 35.6 Å². The number of anilines is 1. The van der Waals surface area contributed by atoms with Gasteiger partial charge in [0, 0.05) is 40.6 Å². The molecule has 0 amide bonds. The second kappa shape index (κ2) is 6.10. The first-order valence-electron chi connectivity index (χ1n) is 7.30. The molecule has 0 bridgehead atoms. The second-order valence-electron chi connectivity index (χ2n) is 5.28. The maximum absolute atomic E-state index is 4.48. The zero-order valence-electron chi connectivity index (χ0n) is 11.8. The van der Waals surface area contributed by atoms with Gasteiger partial charge in [-0.2, -0.15) is 0 Å². The largest absolute Gasteiger partial charge is 0.368 e. The van der Waals surface area contributed by atoms with Crippen LogP contribution in [0.3, 0.4) is 0 Å². The van der Waals surface area contributed by atoms with Gasteiger partial charge in [0.15, 0.2) is 0 Å². The highest BCUT2D eigenvalue weighted by Gasteiger charge is 2.27. The number of halogens is 1. The molecule has 0 atom stereocenters. The van der Waals surface area contributed by atoms with Gasteiger partial charge in [0.2, 0.25) is 0 Å². The maximum Gasteiger partial charge on any atom is 0.133 e. The van der Waals surface area contributed by atoms with Crippen LogP contribution in [0.1, 0.15) is 19.8 Å². The molecule has 1 aromatic heterocycles. The van der Waals surface area contributed by atoms with E-state index in [-0.39, 0.29) is 0 Å². The van der Waals surface area contributed by atoms with Crippen molar-refractivity contribution in [3.05, 3.63) is 34.9 Å². The molecule has 106 valence electrons. The number of aromatic nitrogens is 1. The topological polar surface area (TPSA) is 28.2 Å². The third-order valence-electron chi connectivity index (χ3n) is 3.91. The molecule has 1 fully saturated rings. The molecule has 0 radical (unpaired) electrons. The van der Waals surface area contributed by atoms with Gasteiger partial charge in [0.1, 0.15) is 5.82 Å². The quantitative estimate of drug-likeness (QED) is 0.869. The third kappa shape index (κ3) is 2.96. The number of rotatable bonds is 6. The van der Waals surface area contributed by atoms with Crippen LogP contribution < -0.4 is 5.32 Å². The van der Waals surface area contributed by atoms with Gasteiger partial charge in [-0.1, -0.05) is 35.0 Å². The van der Waals surface area contributed by atoms with Crippen LogP contribution in [-0.2, 0) is 0 Å². The summed E-state index contributed by atoms with van der Waals surface area (Å²) >= 11 is 3.60. The van der Waals surface area contributed by atoms with Crippen molar-refractivity contribution in [2.24, 2.45) is 0 Å². The lowest BCUT2D eigenvalue weighted by atomic mass is 10.1. The lowest BCUT2D eigenvalue weighted by Gasteiger charge is -2.20. The summed E-state index contributed by atoms with van der Waals surface area (Å²) in [5.41, 5.74) is 0. The van der Waals surface area contributed by atoms with Crippen LogP contribution in [0.15, 0.2) is 34.9 Å². The Morgan fingerprint density at radius 1 is 1.30 bits per heavy atom. The number of likely N-dealkylation sites (N-methyl/N-ethyl adjacent to an activating group) is 1. The van der Waals surface area contributed by atoms with Gasteiger partial charge in [0.05, 0.1) is 0 Å². The summed E-state index contributed by atoms with van der Waals surface area (Å²) in [5.74, 6) is 0.982. The zero-order valence-corrected chi connectivity index (χ0v) is 13.4. The van der Waals surface area contributed by atoms with E-state index in [4.69, 9.17) is 0 Å². The van der Waals surface area contributed by atoms with E-state index < -0.39 is 0 Å². The second-order valence-corrected chi connectivity index (χ2v) is 6.14. The first kappa shape index (κ1) is 13.8. The fraction of sp³-hybridized carbons (Fsp3) is 0.438. The Labute approximate surface area is 128 Å².